The van der Waals surface area contributed by atoms with Crippen LogP contribution in [0.25, 0.3) is 11.4 Å². The second-order valence-corrected chi connectivity index (χ2v) is 6.15. The highest BCUT2D eigenvalue weighted by atomic mass is 15.5. The highest BCUT2D eigenvalue weighted by Crippen LogP contribution is 2.49. The van der Waals surface area contributed by atoms with Crippen molar-refractivity contribution in [3.05, 3.63) is 24.3 Å². The lowest BCUT2D eigenvalue weighted by atomic mass is 9.98. The Bertz CT molecular complexity index is 600. The van der Waals surface area contributed by atoms with E-state index in [0.29, 0.717) is 0 Å². The first-order chi connectivity index (χ1) is 9.81. The van der Waals surface area contributed by atoms with Crippen LogP contribution in [0, 0.1) is 17.8 Å². The van der Waals surface area contributed by atoms with E-state index in [1.807, 2.05) is 28.9 Å². The minimum Gasteiger partial charge on any atom is -0.399 e. The van der Waals surface area contributed by atoms with Gasteiger partial charge in [-0.25, -0.2) is 4.68 Å². The topological polar surface area (TPSA) is 69.6 Å². The molecule has 0 aliphatic heterocycles. The van der Waals surface area contributed by atoms with Crippen LogP contribution < -0.4 is 5.73 Å². The molecule has 5 nitrogen and oxygen atoms in total. The van der Waals surface area contributed by atoms with Gasteiger partial charge < -0.3 is 5.73 Å². The van der Waals surface area contributed by atoms with Crippen molar-refractivity contribution in [2.24, 2.45) is 17.8 Å². The van der Waals surface area contributed by atoms with Gasteiger partial charge in [-0.2, -0.15) is 0 Å². The number of hydrogen-bond acceptors (Lipinski definition) is 4. The van der Waals surface area contributed by atoms with Crippen LogP contribution in [-0.2, 0) is 6.54 Å². The Morgan fingerprint density at radius 2 is 1.95 bits per heavy atom. The van der Waals surface area contributed by atoms with Crippen LogP contribution in [0.2, 0.25) is 0 Å². The molecule has 4 rings (SSSR count). The van der Waals surface area contributed by atoms with Crippen molar-refractivity contribution in [2.75, 3.05) is 5.73 Å². The zero-order valence-electron chi connectivity index (χ0n) is 11.4. The summed E-state index contributed by atoms with van der Waals surface area (Å²) in [6, 6.07) is 7.78. The molecule has 0 bridgehead atoms. The summed E-state index contributed by atoms with van der Waals surface area (Å²) < 4.78 is 1.97. The molecular formula is C15H19N5. The number of rotatable bonds is 5. The van der Waals surface area contributed by atoms with Gasteiger partial charge in [-0.05, 0) is 66.0 Å². The minimum atomic E-state index is 0.748. The van der Waals surface area contributed by atoms with Crippen LogP contribution in [0.3, 0.4) is 0 Å². The number of benzene rings is 1. The van der Waals surface area contributed by atoms with Crippen molar-refractivity contribution in [1.82, 2.24) is 20.2 Å². The van der Waals surface area contributed by atoms with Gasteiger partial charge in [0.05, 0.1) is 0 Å². The van der Waals surface area contributed by atoms with Crippen molar-refractivity contribution in [3.63, 3.8) is 0 Å². The quantitative estimate of drug-likeness (QED) is 0.846. The predicted octanol–water partition coefficient (Wildman–Crippen LogP) is 2.36. The first kappa shape index (κ1) is 11.9. The molecule has 1 aromatic heterocycles. The van der Waals surface area contributed by atoms with Crippen molar-refractivity contribution >= 4 is 5.69 Å². The van der Waals surface area contributed by atoms with Gasteiger partial charge in [0, 0.05) is 17.8 Å². The maximum atomic E-state index is 5.85. The van der Waals surface area contributed by atoms with E-state index < -0.39 is 0 Å². The fourth-order valence-corrected chi connectivity index (χ4v) is 3.14. The van der Waals surface area contributed by atoms with Crippen LogP contribution in [0.1, 0.15) is 25.7 Å². The average molecular weight is 269 g/mol. The van der Waals surface area contributed by atoms with Crippen molar-refractivity contribution < 1.29 is 0 Å². The molecule has 1 heterocycles. The molecular weight excluding hydrogens is 250 g/mol. The lowest BCUT2D eigenvalue weighted by Gasteiger charge is -2.15. The van der Waals surface area contributed by atoms with Gasteiger partial charge in [0.2, 0.25) is 0 Å². The number of anilines is 1. The number of nitrogens with zero attached hydrogens (tertiary/aromatic N) is 4. The Morgan fingerprint density at radius 3 is 2.60 bits per heavy atom. The fraction of sp³-hybridized carbons (Fsp3) is 0.533. The largest absolute Gasteiger partial charge is 0.399 e. The molecule has 5 heteroatoms. The van der Waals surface area contributed by atoms with E-state index in [0.717, 1.165) is 41.4 Å². The maximum absolute atomic E-state index is 5.85. The van der Waals surface area contributed by atoms with E-state index in [1.165, 1.54) is 25.7 Å². The second-order valence-electron chi connectivity index (χ2n) is 6.15. The molecule has 0 atom stereocenters. The SMILES string of the molecule is Nc1cccc(-c2nnnn2CC(C2CC2)C2CC2)c1. The highest BCUT2D eigenvalue weighted by molar-refractivity contribution is 5.60. The summed E-state index contributed by atoms with van der Waals surface area (Å²) in [6.45, 7) is 0.951. The standard InChI is InChI=1S/C15H19N5/c16-13-3-1-2-12(8-13)15-17-18-19-20(15)9-14(10-4-5-10)11-6-7-11/h1-3,8,10-11,14H,4-7,9,16H2. The van der Waals surface area contributed by atoms with Gasteiger partial charge in [-0.1, -0.05) is 12.1 Å². The van der Waals surface area contributed by atoms with Gasteiger partial charge >= 0.3 is 0 Å². The smallest absolute Gasteiger partial charge is 0.182 e. The number of tetrazole rings is 1. The molecule has 20 heavy (non-hydrogen) atoms. The lowest BCUT2D eigenvalue weighted by Crippen LogP contribution is -2.17. The number of hydrogen-bond donors (Lipinski definition) is 1. The molecule has 0 unspecified atom stereocenters. The maximum Gasteiger partial charge on any atom is 0.182 e. The summed E-state index contributed by atoms with van der Waals surface area (Å²) in [5, 5.41) is 12.2. The molecule has 0 saturated heterocycles. The van der Waals surface area contributed by atoms with Crippen LogP contribution >= 0.6 is 0 Å². The Labute approximate surface area is 118 Å². The van der Waals surface area contributed by atoms with Crippen molar-refractivity contribution in [2.45, 2.75) is 32.2 Å². The Morgan fingerprint density at radius 1 is 1.20 bits per heavy atom. The monoisotopic (exact) mass is 269 g/mol. The summed E-state index contributed by atoms with van der Waals surface area (Å²) in [6.07, 6.45) is 5.54. The Kier molecular flexibility index (Phi) is 2.72. The van der Waals surface area contributed by atoms with Crippen LogP contribution in [0.15, 0.2) is 24.3 Å². The van der Waals surface area contributed by atoms with Gasteiger partial charge in [-0.3, -0.25) is 0 Å². The van der Waals surface area contributed by atoms with E-state index in [9.17, 15) is 0 Å². The van der Waals surface area contributed by atoms with Gasteiger partial charge in [0.25, 0.3) is 0 Å². The molecule has 2 aliphatic rings. The fourth-order valence-electron chi connectivity index (χ4n) is 3.14. The first-order valence-electron chi connectivity index (χ1n) is 7.43. The van der Waals surface area contributed by atoms with E-state index in [2.05, 4.69) is 15.5 Å². The molecule has 2 aliphatic carbocycles. The van der Waals surface area contributed by atoms with Crippen LogP contribution in [0.4, 0.5) is 5.69 Å². The van der Waals surface area contributed by atoms with E-state index in [1.54, 1.807) is 0 Å². The number of nitrogen functional groups attached to an aromatic ring is 1. The first-order valence-corrected chi connectivity index (χ1v) is 7.43. The zero-order chi connectivity index (χ0) is 13.5. The van der Waals surface area contributed by atoms with Gasteiger partial charge in [-0.15, -0.1) is 5.10 Å². The molecule has 0 radical (unpaired) electrons. The van der Waals surface area contributed by atoms with Crippen LogP contribution in [0.5, 0.6) is 0 Å². The molecule has 2 N–H and O–H groups in total. The molecule has 2 saturated carbocycles. The predicted molar refractivity (Wildman–Crippen MR) is 76.6 cm³/mol. The number of aromatic nitrogens is 4. The average Bonchev–Trinajstić information content (AvgIpc) is 3.36. The third-order valence-electron chi connectivity index (χ3n) is 4.52. The van der Waals surface area contributed by atoms with Crippen molar-refractivity contribution in [3.8, 4) is 11.4 Å². The molecule has 104 valence electrons. The zero-order valence-corrected chi connectivity index (χ0v) is 11.4. The molecule has 1 aromatic carbocycles. The lowest BCUT2D eigenvalue weighted by molar-refractivity contribution is 0.331. The summed E-state index contributed by atoms with van der Waals surface area (Å²) in [7, 11) is 0. The number of nitrogens with two attached hydrogens (primary N) is 1. The summed E-state index contributed by atoms with van der Waals surface area (Å²) in [4.78, 5) is 0. The minimum absolute atomic E-state index is 0.748. The van der Waals surface area contributed by atoms with Gasteiger partial charge in [0.15, 0.2) is 5.82 Å². The third kappa shape index (κ3) is 2.28. The Hall–Kier alpha value is -1.91. The summed E-state index contributed by atoms with van der Waals surface area (Å²) >= 11 is 0. The molecule has 2 aromatic rings. The van der Waals surface area contributed by atoms with E-state index in [-0.39, 0.29) is 0 Å². The normalized spacial score (nSPS) is 18.6. The van der Waals surface area contributed by atoms with Crippen LogP contribution in [-0.4, -0.2) is 20.2 Å². The molecule has 0 spiro atoms. The third-order valence-corrected chi connectivity index (χ3v) is 4.52. The summed E-state index contributed by atoms with van der Waals surface area (Å²) in [5.74, 6) is 3.41. The van der Waals surface area contributed by atoms with Crippen molar-refractivity contribution in [1.29, 1.82) is 0 Å². The van der Waals surface area contributed by atoms with E-state index >= 15 is 0 Å². The highest BCUT2D eigenvalue weighted by Gasteiger charge is 2.41. The molecule has 2 fully saturated rings. The summed E-state index contributed by atoms with van der Waals surface area (Å²) in [5.41, 5.74) is 7.60. The second kappa shape index (κ2) is 4.58. The van der Waals surface area contributed by atoms with Gasteiger partial charge in [0.1, 0.15) is 0 Å². The molecule has 0 amide bonds. The van der Waals surface area contributed by atoms with E-state index in [4.69, 9.17) is 5.73 Å². The Balaban J connectivity index is 1.61.